The Morgan fingerprint density at radius 2 is 1.86 bits per heavy atom. The van der Waals surface area contributed by atoms with Crippen molar-refractivity contribution >= 4 is 11.9 Å². The quantitative estimate of drug-likeness (QED) is 0.519. The molecule has 0 fully saturated rings. The van der Waals surface area contributed by atoms with Gasteiger partial charge in [-0.2, -0.15) is 0 Å². The van der Waals surface area contributed by atoms with Crippen LogP contribution in [0.1, 0.15) is 57.4 Å². The number of carbonyl (C=O) groups excluding carboxylic acids is 1. The van der Waals surface area contributed by atoms with Gasteiger partial charge in [0.15, 0.2) is 0 Å². The van der Waals surface area contributed by atoms with Crippen LogP contribution in [0.5, 0.6) is 5.88 Å². The highest BCUT2D eigenvalue weighted by atomic mass is 16.5. The molecule has 0 saturated heterocycles. The summed E-state index contributed by atoms with van der Waals surface area (Å²) in [6, 6.07) is 17.7. The number of aliphatic carboxylic acids is 1. The summed E-state index contributed by atoms with van der Waals surface area (Å²) in [6.45, 7) is 3.40. The molecular formula is C30H30N2O4. The third-order valence-corrected chi connectivity index (χ3v) is 7.15. The number of carboxylic acids is 1. The van der Waals surface area contributed by atoms with Gasteiger partial charge < -0.3 is 14.7 Å². The number of carbonyl (C=O) groups is 2. The summed E-state index contributed by atoms with van der Waals surface area (Å²) in [5.74, 6) is -1.34. The lowest BCUT2D eigenvalue weighted by Gasteiger charge is -2.30. The maximum atomic E-state index is 13.3. The minimum Gasteiger partial charge on any atom is -0.481 e. The first-order valence-electron chi connectivity index (χ1n) is 12.5. The van der Waals surface area contributed by atoms with Crippen molar-refractivity contribution in [1.82, 2.24) is 9.88 Å². The van der Waals surface area contributed by atoms with Crippen molar-refractivity contribution in [1.29, 1.82) is 0 Å². The Hall–Kier alpha value is -3.93. The average Bonchev–Trinajstić information content (AvgIpc) is 2.90. The zero-order valence-electron chi connectivity index (χ0n) is 20.4. The minimum atomic E-state index is -0.865. The van der Waals surface area contributed by atoms with E-state index < -0.39 is 11.9 Å². The number of carboxylic acid groups (broad SMARTS) is 1. The summed E-state index contributed by atoms with van der Waals surface area (Å²) in [6.07, 6.45) is 8.23. The molecule has 0 radical (unpaired) electrons. The average molecular weight is 483 g/mol. The van der Waals surface area contributed by atoms with E-state index in [9.17, 15) is 14.7 Å². The highest BCUT2D eigenvalue weighted by molar-refractivity contribution is 5.94. The van der Waals surface area contributed by atoms with Crippen LogP contribution < -0.4 is 4.74 Å². The predicted molar refractivity (Wildman–Crippen MR) is 137 cm³/mol. The summed E-state index contributed by atoms with van der Waals surface area (Å²) in [5.41, 5.74) is 5.84. The monoisotopic (exact) mass is 482 g/mol. The number of rotatable bonds is 2. The van der Waals surface area contributed by atoms with Crippen LogP contribution in [0.4, 0.5) is 0 Å². The molecule has 5 aliphatic heterocycles. The van der Waals surface area contributed by atoms with Gasteiger partial charge in [0.05, 0.1) is 12.5 Å². The molecule has 2 aromatic carbocycles. The van der Waals surface area contributed by atoms with Crippen molar-refractivity contribution in [3.8, 4) is 5.88 Å². The Labute approximate surface area is 211 Å². The van der Waals surface area contributed by atoms with Crippen molar-refractivity contribution in [2.75, 3.05) is 13.2 Å². The van der Waals surface area contributed by atoms with Crippen LogP contribution in [-0.2, 0) is 24.2 Å². The second-order valence-electron chi connectivity index (χ2n) is 9.55. The number of benzene rings is 2. The summed E-state index contributed by atoms with van der Waals surface area (Å²) < 4.78 is 5.79. The van der Waals surface area contributed by atoms with Crippen LogP contribution in [0.25, 0.3) is 0 Å². The smallest absolute Gasteiger partial charge is 0.307 e. The Morgan fingerprint density at radius 1 is 1.06 bits per heavy atom. The number of nitrogens with zero attached hydrogens (tertiary/aromatic N) is 2. The molecule has 1 amide bonds. The van der Waals surface area contributed by atoms with E-state index in [-0.39, 0.29) is 11.8 Å². The fraction of sp³-hybridized carbons (Fsp3) is 0.300. The number of allylic oxidation sites excluding steroid dienone is 1. The van der Waals surface area contributed by atoms with E-state index in [0.717, 1.165) is 41.5 Å². The lowest BCUT2D eigenvalue weighted by molar-refractivity contribution is -0.141. The molecule has 1 N–H and O–H groups in total. The van der Waals surface area contributed by atoms with E-state index in [0.29, 0.717) is 31.1 Å². The molecule has 36 heavy (non-hydrogen) atoms. The SMILES string of the molecule is C[C@@H](C(=O)O)[C@@H]1c2ccc(nc2)OCC/C=C/Cc2ccc(cc2)C(=O)N2CCc3ccc1cc3C2. The Kier molecular flexibility index (Phi) is 6.85. The van der Waals surface area contributed by atoms with E-state index in [1.165, 1.54) is 5.56 Å². The first kappa shape index (κ1) is 23.8. The summed E-state index contributed by atoms with van der Waals surface area (Å²) in [5, 5.41) is 9.88. The number of pyridine rings is 1. The highest BCUT2D eigenvalue weighted by Gasteiger charge is 2.29. The van der Waals surface area contributed by atoms with Crippen molar-refractivity contribution in [2.24, 2.45) is 5.92 Å². The van der Waals surface area contributed by atoms with Gasteiger partial charge in [-0.1, -0.05) is 55.5 Å². The van der Waals surface area contributed by atoms with Crippen LogP contribution >= 0.6 is 0 Å². The van der Waals surface area contributed by atoms with Gasteiger partial charge in [0.2, 0.25) is 5.88 Å². The Bertz CT molecular complexity index is 1280. The lowest BCUT2D eigenvalue weighted by Crippen LogP contribution is -2.36. The minimum absolute atomic E-state index is 0.0198. The molecule has 184 valence electrons. The molecule has 0 spiro atoms. The van der Waals surface area contributed by atoms with Gasteiger partial charge in [-0.3, -0.25) is 9.59 Å². The van der Waals surface area contributed by atoms with Gasteiger partial charge >= 0.3 is 5.97 Å². The summed E-state index contributed by atoms with van der Waals surface area (Å²) in [7, 11) is 0. The van der Waals surface area contributed by atoms with Crippen LogP contribution in [0.15, 0.2) is 72.9 Å². The molecule has 5 aliphatic rings. The summed E-state index contributed by atoms with van der Waals surface area (Å²) in [4.78, 5) is 31.7. The van der Waals surface area contributed by atoms with E-state index in [1.807, 2.05) is 47.4 Å². The second-order valence-corrected chi connectivity index (χ2v) is 9.55. The van der Waals surface area contributed by atoms with Gasteiger partial charge in [-0.15, -0.1) is 0 Å². The second kappa shape index (κ2) is 10.4. The number of ether oxygens (including phenoxy) is 1. The van der Waals surface area contributed by atoms with Crippen molar-refractivity contribution in [3.63, 3.8) is 0 Å². The van der Waals surface area contributed by atoms with E-state index in [1.54, 1.807) is 13.1 Å². The fourth-order valence-electron chi connectivity index (χ4n) is 5.05. The zero-order chi connectivity index (χ0) is 25.1. The van der Waals surface area contributed by atoms with E-state index in [4.69, 9.17) is 4.74 Å². The number of hydrogen-bond acceptors (Lipinski definition) is 4. The van der Waals surface area contributed by atoms with Crippen LogP contribution in [0, 0.1) is 5.92 Å². The van der Waals surface area contributed by atoms with Crippen LogP contribution in [0.2, 0.25) is 0 Å². The number of aromatic nitrogens is 1. The molecule has 0 aliphatic carbocycles. The molecule has 7 bridgehead atoms. The molecule has 1 aromatic heterocycles. The van der Waals surface area contributed by atoms with E-state index >= 15 is 0 Å². The zero-order valence-corrected chi connectivity index (χ0v) is 20.4. The maximum absolute atomic E-state index is 13.3. The van der Waals surface area contributed by atoms with Gasteiger partial charge in [0.25, 0.3) is 5.91 Å². The van der Waals surface area contributed by atoms with E-state index in [2.05, 4.69) is 29.3 Å². The first-order chi connectivity index (χ1) is 17.5. The lowest BCUT2D eigenvalue weighted by atomic mass is 9.80. The standard InChI is InChI=1S/C30H30N2O4/c1-20(30(34)35)28-24-11-10-22-14-15-32(19-26(22)17-24)29(33)23-8-6-21(7-9-23)5-3-2-4-16-36-27-13-12-25(28)18-31-27/h2-3,6-13,17-18,20,28H,4-5,14-16,19H2,1H3,(H,34,35)/b3-2+/t20-,28+/m1/s1. The largest absolute Gasteiger partial charge is 0.481 e. The Morgan fingerprint density at radius 3 is 2.61 bits per heavy atom. The third-order valence-electron chi connectivity index (χ3n) is 7.15. The molecule has 8 rings (SSSR count). The van der Waals surface area contributed by atoms with Gasteiger partial charge in [-0.05, 0) is 59.2 Å². The van der Waals surface area contributed by atoms with Gasteiger partial charge in [-0.25, -0.2) is 4.98 Å². The predicted octanol–water partition coefficient (Wildman–Crippen LogP) is 5.01. The van der Waals surface area contributed by atoms with Gasteiger partial charge in [0.1, 0.15) is 0 Å². The topological polar surface area (TPSA) is 79.7 Å². The summed E-state index contributed by atoms with van der Waals surface area (Å²) >= 11 is 0. The number of amides is 1. The molecule has 0 unspecified atom stereocenters. The van der Waals surface area contributed by atoms with Crippen molar-refractivity contribution < 1.29 is 19.4 Å². The third kappa shape index (κ3) is 5.03. The van der Waals surface area contributed by atoms with Crippen LogP contribution in [-0.4, -0.2) is 40.0 Å². The molecule has 6 heteroatoms. The number of hydrogen-bond donors (Lipinski definition) is 1. The molecule has 6 heterocycles. The Balaban J connectivity index is 1.54. The highest BCUT2D eigenvalue weighted by Crippen LogP contribution is 2.35. The van der Waals surface area contributed by atoms with Gasteiger partial charge in [0, 0.05) is 36.8 Å². The molecule has 0 saturated carbocycles. The molecular weight excluding hydrogens is 452 g/mol. The first-order valence-corrected chi connectivity index (χ1v) is 12.5. The molecule has 2 atom stereocenters. The maximum Gasteiger partial charge on any atom is 0.307 e. The molecule has 3 aromatic rings. The van der Waals surface area contributed by atoms with Crippen molar-refractivity contribution in [3.05, 3.63) is 106 Å². The normalized spacial score (nSPS) is 19.4. The fourth-order valence-corrected chi connectivity index (χ4v) is 5.05. The van der Waals surface area contributed by atoms with Crippen molar-refractivity contribution in [2.45, 2.75) is 38.6 Å². The van der Waals surface area contributed by atoms with Crippen LogP contribution in [0.3, 0.4) is 0 Å². The molecule has 6 nitrogen and oxygen atoms in total.